The van der Waals surface area contributed by atoms with E-state index >= 15 is 0 Å². The quantitative estimate of drug-likeness (QED) is 0.872. The monoisotopic (exact) mass is 343 g/mol. The van der Waals surface area contributed by atoms with Crippen LogP contribution < -0.4 is 5.56 Å². The third-order valence-electron chi connectivity index (χ3n) is 6.21. The summed E-state index contributed by atoms with van der Waals surface area (Å²) < 4.78 is 7.28. The Hall–Kier alpha value is -2.22. The highest BCUT2D eigenvalue weighted by molar-refractivity contribution is 6.03. The maximum absolute atomic E-state index is 13.1. The molecule has 132 valence electrons. The zero-order chi connectivity index (χ0) is 17.2. The van der Waals surface area contributed by atoms with Gasteiger partial charge in [-0.15, -0.1) is 0 Å². The molecule has 2 aromatic heterocycles. The summed E-state index contributed by atoms with van der Waals surface area (Å²) in [6.07, 6.45) is 7.21. The lowest BCUT2D eigenvalue weighted by Gasteiger charge is -2.63. The van der Waals surface area contributed by atoms with Gasteiger partial charge in [-0.1, -0.05) is 6.42 Å². The molecule has 2 aliphatic heterocycles. The van der Waals surface area contributed by atoms with Gasteiger partial charge in [-0.2, -0.15) is 5.10 Å². The van der Waals surface area contributed by atoms with Crippen molar-refractivity contribution in [3.8, 4) is 0 Å². The number of nitrogens with zero attached hydrogens (tertiary/aromatic N) is 4. The van der Waals surface area contributed by atoms with Gasteiger partial charge in [0, 0.05) is 25.6 Å². The second-order valence-corrected chi connectivity index (χ2v) is 7.60. The highest BCUT2D eigenvalue weighted by atomic mass is 16.5. The minimum Gasteiger partial charge on any atom is -0.376 e. The predicted octanol–water partition coefficient (Wildman–Crippen LogP) is 0.830. The number of carbonyl (C=O) groups excluding carboxylic acids is 1. The number of likely N-dealkylation sites (tertiary alicyclic amines) is 1. The number of aromatic amines is 1. The first kappa shape index (κ1) is 15.1. The molecule has 0 bridgehead atoms. The number of H-pyrrole nitrogens is 1. The number of aromatic nitrogens is 4. The minimum atomic E-state index is -0.255. The Balaban J connectivity index is 1.50. The predicted molar refractivity (Wildman–Crippen MR) is 89.2 cm³/mol. The molecule has 8 heteroatoms. The molecule has 1 saturated carbocycles. The minimum absolute atomic E-state index is 0.124. The van der Waals surface area contributed by atoms with Crippen molar-refractivity contribution in [2.45, 2.75) is 44.2 Å². The highest BCUT2D eigenvalue weighted by Gasteiger charge is 2.60. The Morgan fingerprint density at radius 3 is 2.88 bits per heavy atom. The topological polar surface area (TPSA) is 93.1 Å². The van der Waals surface area contributed by atoms with Gasteiger partial charge >= 0.3 is 0 Å². The van der Waals surface area contributed by atoms with E-state index < -0.39 is 0 Å². The van der Waals surface area contributed by atoms with Gasteiger partial charge in [0.2, 0.25) is 0 Å². The third kappa shape index (κ3) is 1.97. The molecular weight excluding hydrogens is 322 g/mol. The van der Waals surface area contributed by atoms with Crippen LogP contribution in [0.5, 0.6) is 0 Å². The summed E-state index contributed by atoms with van der Waals surface area (Å²) in [7, 11) is 1.62. The summed E-state index contributed by atoms with van der Waals surface area (Å²) in [5.74, 6) is -0.124. The van der Waals surface area contributed by atoms with Crippen molar-refractivity contribution < 1.29 is 9.53 Å². The normalized spacial score (nSPS) is 27.5. The number of nitrogens with one attached hydrogen (secondary N) is 1. The van der Waals surface area contributed by atoms with E-state index in [9.17, 15) is 9.59 Å². The number of fused-ring (bicyclic) bond motifs is 1. The molecular formula is C17H21N5O3. The SMILES string of the molecule is Cn1cnc2c(C(=O)N3CC4(CCC4)C3C3CCCO3)[nH]nc2c1=O. The standard InChI is InChI=1S/C17H21N5O3/c1-21-9-18-11-12(15(21)23)19-20-13(11)16(24)22-8-17(5-3-6-17)14(22)10-4-2-7-25-10/h9-10,14H,2-8H2,1H3,(H,19,20). The van der Waals surface area contributed by atoms with Crippen LogP contribution in [0.2, 0.25) is 0 Å². The van der Waals surface area contributed by atoms with Crippen LogP contribution in [-0.2, 0) is 11.8 Å². The van der Waals surface area contributed by atoms with Crippen LogP contribution in [-0.4, -0.2) is 55.9 Å². The smallest absolute Gasteiger partial charge is 0.281 e. The zero-order valence-electron chi connectivity index (χ0n) is 14.2. The van der Waals surface area contributed by atoms with Gasteiger partial charge in [0.15, 0.2) is 5.52 Å². The first-order valence-electron chi connectivity index (χ1n) is 8.93. The van der Waals surface area contributed by atoms with Gasteiger partial charge < -0.3 is 14.2 Å². The maximum atomic E-state index is 13.1. The van der Waals surface area contributed by atoms with Crippen molar-refractivity contribution in [3.05, 3.63) is 22.4 Å². The number of hydrogen-bond acceptors (Lipinski definition) is 5. The average Bonchev–Trinajstić information content (AvgIpc) is 3.18. The van der Waals surface area contributed by atoms with E-state index in [0.29, 0.717) is 11.2 Å². The van der Waals surface area contributed by atoms with E-state index in [2.05, 4.69) is 15.2 Å². The lowest BCUT2D eigenvalue weighted by atomic mass is 9.56. The highest BCUT2D eigenvalue weighted by Crippen LogP contribution is 2.55. The third-order valence-corrected chi connectivity index (χ3v) is 6.21. The molecule has 0 radical (unpaired) electrons. The van der Waals surface area contributed by atoms with Crippen molar-refractivity contribution >= 4 is 16.9 Å². The second-order valence-electron chi connectivity index (χ2n) is 7.60. The molecule has 2 saturated heterocycles. The molecule has 2 unspecified atom stereocenters. The van der Waals surface area contributed by atoms with Crippen LogP contribution in [0.4, 0.5) is 0 Å². The number of ether oxygens (including phenoxy) is 1. The summed E-state index contributed by atoms with van der Waals surface area (Å²) in [5, 5.41) is 6.78. The summed E-state index contributed by atoms with van der Waals surface area (Å²) in [6.45, 7) is 1.55. The van der Waals surface area contributed by atoms with Crippen LogP contribution in [0.3, 0.4) is 0 Å². The van der Waals surface area contributed by atoms with Crippen LogP contribution in [0.25, 0.3) is 11.0 Å². The zero-order valence-corrected chi connectivity index (χ0v) is 14.2. The molecule has 1 spiro atoms. The lowest BCUT2D eigenvalue weighted by Crippen LogP contribution is -2.72. The summed E-state index contributed by atoms with van der Waals surface area (Å²) >= 11 is 0. The molecule has 25 heavy (non-hydrogen) atoms. The number of rotatable bonds is 2. The maximum Gasteiger partial charge on any atom is 0.281 e. The van der Waals surface area contributed by atoms with Gasteiger partial charge in [0.1, 0.15) is 11.2 Å². The van der Waals surface area contributed by atoms with Gasteiger partial charge in [-0.25, -0.2) is 4.98 Å². The Labute approximate surface area is 144 Å². The fourth-order valence-corrected chi connectivity index (χ4v) is 4.75. The van der Waals surface area contributed by atoms with E-state index in [0.717, 1.165) is 26.0 Å². The average molecular weight is 343 g/mol. The molecule has 2 aromatic rings. The Bertz CT molecular complexity index is 907. The molecule has 1 aliphatic carbocycles. The number of amides is 1. The largest absolute Gasteiger partial charge is 0.376 e. The fourth-order valence-electron chi connectivity index (χ4n) is 4.75. The van der Waals surface area contributed by atoms with Gasteiger partial charge in [0.25, 0.3) is 11.5 Å². The molecule has 8 nitrogen and oxygen atoms in total. The Morgan fingerprint density at radius 2 is 2.20 bits per heavy atom. The van der Waals surface area contributed by atoms with Crippen LogP contribution in [0.1, 0.15) is 42.6 Å². The summed E-state index contributed by atoms with van der Waals surface area (Å²) in [6, 6.07) is 0.140. The van der Waals surface area contributed by atoms with E-state index in [1.807, 2.05) is 4.90 Å². The van der Waals surface area contributed by atoms with Crippen molar-refractivity contribution in [3.63, 3.8) is 0 Å². The fraction of sp³-hybridized carbons (Fsp3) is 0.647. The van der Waals surface area contributed by atoms with Crippen molar-refractivity contribution in [1.82, 2.24) is 24.6 Å². The van der Waals surface area contributed by atoms with E-state index in [4.69, 9.17) is 4.74 Å². The van der Waals surface area contributed by atoms with Gasteiger partial charge in [-0.05, 0) is 25.7 Å². The van der Waals surface area contributed by atoms with E-state index in [-0.39, 0.29) is 34.5 Å². The van der Waals surface area contributed by atoms with Crippen molar-refractivity contribution in [2.24, 2.45) is 12.5 Å². The molecule has 4 heterocycles. The molecule has 1 N–H and O–H groups in total. The van der Waals surface area contributed by atoms with Crippen LogP contribution in [0, 0.1) is 5.41 Å². The first-order chi connectivity index (χ1) is 12.1. The lowest BCUT2D eigenvalue weighted by molar-refractivity contribution is -0.150. The number of hydrogen-bond donors (Lipinski definition) is 1. The van der Waals surface area contributed by atoms with Gasteiger partial charge in [0.05, 0.1) is 18.5 Å². The molecule has 3 fully saturated rings. The van der Waals surface area contributed by atoms with Crippen molar-refractivity contribution in [2.75, 3.05) is 13.2 Å². The summed E-state index contributed by atoms with van der Waals surface area (Å²) in [5.41, 5.74) is 0.860. The van der Waals surface area contributed by atoms with Crippen LogP contribution in [0.15, 0.2) is 11.1 Å². The molecule has 1 amide bonds. The van der Waals surface area contributed by atoms with E-state index in [1.165, 1.54) is 30.2 Å². The number of aryl methyl sites for hydroxylation is 1. The van der Waals surface area contributed by atoms with Gasteiger partial charge in [-0.3, -0.25) is 14.7 Å². The van der Waals surface area contributed by atoms with E-state index in [1.54, 1.807) is 7.05 Å². The first-order valence-corrected chi connectivity index (χ1v) is 8.93. The van der Waals surface area contributed by atoms with Crippen molar-refractivity contribution in [1.29, 1.82) is 0 Å². The molecule has 0 aromatic carbocycles. The molecule has 3 aliphatic rings. The Morgan fingerprint density at radius 1 is 1.36 bits per heavy atom. The Kier molecular flexibility index (Phi) is 3.10. The molecule has 5 rings (SSSR count). The van der Waals surface area contributed by atoms with Crippen LogP contribution >= 0.6 is 0 Å². The summed E-state index contributed by atoms with van der Waals surface area (Å²) in [4.78, 5) is 31.4. The molecule has 2 atom stereocenters. The number of carbonyl (C=O) groups is 1. The second kappa shape index (κ2) is 5.14.